The van der Waals surface area contributed by atoms with E-state index < -0.39 is 40.3 Å². The maximum Gasteiger partial charge on any atom is 0.416 e. The van der Waals surface area contributed by atoms with Crippen molar-refractivity contribution in [3.05, 3.63) is 95.9 Å². The van der Waals surface area contributed by atoms with Crippen LogP contribution < -0.4 is 14.8 Å². The number of amides is 3. The van der Waals surface area contributed by atoms with Gasteiger partial charge in [-0.05, 0) is 94.0 Å². The molecule has 218 valence electrons. The van der Waals surface area contributed by atoms with Gasteiger partial charge in [0.15, 0.2) is 11.5 Å². The van der Waals surface area contributed by atoms with Crippen molar-refractivity contribution in [1.29, 1.82) is 0 Å². The van der Waals surface area contributed by atoms with E-state index in [1.165, 1.54) is 31.4 Å². The lowest BCUT2D eigenvalue weighted by Crippen LogP contribution is -2.36. The molecule has 0 atom stereocenters. The van der Waals surface area contributed by atoms with Crippen LogP contribution in [0.5, 0.6) is 11.5 Å². The summed E-state index contributed by atoms with van der Waals surface area (Å²) in [5.41, 5.74) is 0.0549. The molecule has 3 aromatic rings. The summed E-state index contributed by atoms with van der Waals surface area (Å²) in [4.78, 5) is 48.9. The lowest BCUT2D eigenvalue weighted by molar-refractivity contribution is -0.384. The number of methoxy groups -OCH3 is 1. The number of hydrogen-bond donors (Lipinski definition) is 1. The van der Waals surface area contributed by atoms with Crippen LogP contribution in [0.2, 0.25) is 0 Å². The second kappa shape index (κ2) is 12.8. The van der Waals surface area contributed by atoms with Gasteiger partial charge in [0.1, 0.15) is 13.2 Å². The van der Waals surface area contributed by atoms with E-state index >= 15 is 0 Å². The van der Waals surface area contributed by atoms with Gasteiger partial charge in [-0.1, -0.05) is 6.07 Å². The Morgan fingerprint density at radius 2 is 1.86 bits per heavy atom. The Kier molecular flexibility index (Phi) is 9.40. The summed E-state index contributed by atoms with van der Waals surface area (Å²) in [7, 11) is 1.42. The minimum Gasteiger partial charge on any atom is -0.493 e. The van der Waals surface area contributed by atoms with Crippen molar-refractivity contribution in [3.8, 4) is 11.5 Å². The molecule has 10 nitrogen and oxygen atoms in total. The zero-order chi connectivity index (χ0) is 30.6. The molecule has 3 aromatic carbocycles. The van der Waals surface area contributed by atoms with Crippen LogP contribution in [0.1, 0.15) is 16.7 Å². The topological polar surface area (TPSA) is 128 Å². The smallest absolute Gasteiger partial charge is 0.416 e. The normalized spacial score (nSPS) is 14.3. The molecule has 1 aliphatic rings. The van der Waals surface area contributed by atoms with E-state index in [1.54, 1.807) is 24.3 Å². The van der Waals surface area contributed by atoms with Crippen LogP contribution in [-0.4, -0.2) is 40.5 Å². The van der Waals surface area contributed by atoms with Gasteiger partial charge in [0, 0.05) is 17.8 Å². The summed E-state index contributed by atoms with van der Waals surface area (Å²) in [5, 5.41) is 12.4. The Labute approximate surface area is 254 Å². The number of carbonyl (C=O) groups excluding carboxylic acids is 3. The summed E-state index contributed by atoms with van der Waals surface area (Å²) in [5.74, 6) is -0.858. The predicted molar refractivity (Wildman–Crippen MR) is 156 cm³/mol. The largest absolute Gasteiger partial charge is 0.493 e. The Hall–Kier alpha value is -4.12. The summed E-state index contributed by atoms with van der Waals surface area (Å²) in [6, 6.07) is 13.1. The second-order valence-corrected chi connectivity index (χ2v) is 10.8. The van der Waals surface area contributed by atoms with Gasteiger partial charge in [0.25, 0.3) is 16.8 Å². The number of nitro benzene ring substituents is 1. The fourth-order valence-electron chi connectivity index (χ4n) is 3.74. The molecule has 1 saturated heterocycles. The number of ether oxygens (including phenoxy) is 2. The van der Waals surface area contributed by atoms with Gasteiger partial charge in [-0.25, -0.2) is 0 Å². The number of benzene rings is 3. The van der Waals surface area contributed by atoms with E-state index in [4.69, 9.17) is 9.47 Å². The Bertz CT molecular complexity index is 1600. The van der Waals surface area contributed by atoms with E-state index in [0.29, 0.717) is 42.9 Å². The van der Waals surface area contributed by atoms with Gasteiger partial charge in [-0.15, -0.1) is 0 Å². The molecule has 0 unspecified atom stereocenters. The van der Waals surface area contributed by atoms with E-state index in [-0.39, 0.29) is 22.9 Å². The van der Waals surface area contributed by atoms with Crippen LogP contribution in [0.3, 0.4) is 0 Å². The zero-order valence-electron chi connectivity index (χ0n) is 21.4. The fourth-order valence-corrected chi connectivity index (χ4v) is 5.36. The molecule has 15 heteroatoms. The first-order valence-electron chi connectivity index (χ1n) is 11.8. The number of non-ortho nitro benzene ring substituents is 1. The molecular weight excluding hydrogens is 694 g/mol. The molecule has 1 heterocycles. The highest BCUT2D eigenvalue weighted by atomic mass is 127. The first-order chi connectivity index (χ1) is 19.8. The van der Waals surface area contributed by atoms with Crippen LogP contribution >= 0.6 is 34.4 Å². The molecule has 1 aliphatic heterocycles. The number of thioether (sulfide) groups is 1. The van der Waals surface area contributed by atoms with Gasteiger partial charge in [0.2, 0.25) is 5.91 Å². The summed E-state index contributed by atoms with van der Waals surface area (Å²) in [6.07, 6.45) is -3.16. The highest BCUT2D eigenvalue weighted by Crippen LogP contribution is 2.38. The third-order valence-corrected chi connectivity index (χ3v) is 7.44. The SMILES string of the molecule is COc1cc(/C=C2\SC(=O)N(CC(=O)Nc3cccc(C(F)(F)F)c3)C2=O)cc(I)c1OCc1ccc([N+](=O)[O-])cc1. The number of nitro groups is 1. The Morgan fingerprint density at radius 1 is 1.14 bits per heavy atom. The average Bonchev–Trinajstić information content (AvgIpc) is 3.19. The van der Waals surface area contributed by atoms with Gasteiger partial charge < -0.3 is 14.8 Å². The number of rotatable bonds is 9. The standard InChI is InChI=1S/C27H19F3IN3O7S/c1-40-21-10-16(9-20(31)24(21)41-14-15-5-7-19(8-6-15)34(38)39)11-22-25(36)33(26(37)42-22)13-23(35)32-18-4-2-3-17(12-18)27(28,29)30/h2-12H,13-14H2,1H3,(H,32,35)/b22-11-. The molecule has 1 fully saturated rings. The number of anilines is 1. The van der Waals surface area contributed by atoms with Crippen LogP contribution in [-0.2, 0) is 22.4 Å². The molecule has 0 spiro atoms. The highest BCUT2D eigenvalue weighted by molar-refractivity contribution is 14.1. The highest BCUT2D eigenvalue weighted by Gasteiger charge is 2.36. The fraction of sp³-hybridized carbons (Fsp3) is 0.148. The molecule has 0 saturated carbocycles. The molecule has 42 heavy (non-hydrogen) atoms. The molecule has 0 aliphatic carbocycles. The number of hydrogen-bond acceptors (Lipinski definition) is 8. The van der Waals surface area contributed by atoms with Crippen LogP contribution in [0.25, 0.3) is 6.08 Å². The monoisotopic (exact) mass is 713 g/mol. The molecular formula is C27H19F3IN3O7S. The summed E-state index contributed by atoms with van der Waals surface area (Å²) in [6.45, 7) is -0.584. The third kappa shape index (κ3) is 7.39. The first kappa shape index (κ1) is 30.8. The van der Waals surface area contributed by atoms with E-state index in [9.17, 15) is 37.7 Å². The summed E-state index contributed by atoms with van der Waals surface area (Å²) < 4.78 is 50.8. The lowest BCUT2D eigenvalue weighted by atomic mass is 10.1. The zero-order valence-corrected chi connectivity index (χ0v) is 24.4. The van der Waals surface area contributed by atoms with Crippen molar-refractivity contribution in [2.24, 2.45) is 0 Å². The summed E-state index contributed by atoms with van der Waals surface area (Å²) >= 11 is 2.62. The predicted octanol–water partition coefficient (Wildman–Crippen LogP) is 6.48. The Balaban J connectivity index is 1.44. The third-order valence-electron chi connectivity index (χ3n) is 5.73. The number of imide groups is 1. The number of carbonyl (C=O) groups is 3. The van der Waals surface area contributed by atoms with Crippen LogP contribution in [0.4, 0.5) is 29.3 Å². The maximum atomic E-state index is 12.9. The van der Waals surface area contributed by atoms with Crippen LogP contribution in [0.15, 0.2) is 65.6 Å². The van der Waals surface area contributed by atoms with Crippen molar-refractivity contribution in [2.75, 3.05) is 19.0 Å². The van der Waals surface area contributed by atoms with Crippen molar-refractivity contribution in [3.63, 3.8) is 0 Å². The quantitative estimate of drug-likeness (QED) is 0.116. The van der Waals surface area contributed by atoms with E-state index in [2.05, 4.69) is 5.32 Å². The van der Waals surface area contributed by atoms with Gasteiger partial charge >= 0.3 is 6.18 Å². The van der Waals surface area contributed by atoms with Crippen molar-refractivity contribution in [1.82, 2.24) is 4.90 Å². The number of nitrogens with zero attached hydrogens (tertiary/aromatic N) is 2. The van der Waals surface area contributed by atoms with Gasteiger partial charge in [-0.3, -0.25) is 29.4 Å². The van der Waals surface area contributed by atoms with Crippen molar-refractivity contribution >= 4 is 68.9 Å². The maximum absolute atomic E-state index is 12.9. The van der Waals surface area contributed by atoms with Crippen molar-refractivity contribution in [2.45, 2.75) is 12.8 Å². The van der Waals surface area contributed by atoms with E-state index in [0.717, 1.165) is 18.2 Å². The Morgan fingerprint density at radius 3 is 2.50 bits per heavy atom. The van der Waals surface area contributed by atoms with Crippen molar-refractivity contribution < 1.29 is 42.0 Å². The molecule has 0 bridgehead atoms. The molecule has 3 amide bonds. The molecule has 4 rings (SSSR count). The molecule has 1 N–H and O–H groups in total. The molecule has 0 aromatic heterocycles. The van der Waals surface area contributed by atoms with Crippen LogP contribution in [0, 0.1) is 13.7 Å². The second-order valence-electron chi connectivity index (χ2n) is 8.64. The first-order valence-corrected chi connectivity index (χ1v) is 13.7. The number of nitrogens with one attached hydrogen (secondary N) is 1. The van der Waals surface area contributed by atoms with E-state index in [1.807, 2.05) is 22.6 Å². The lowest BCUT2D eigenvalue weighted by Gasteiger charge is -2.14. The minimum atomic E-state index is -4.60. The number of alkyl halides is 3. The number of halogens is 4. The van der Waals surface area contributed by atoms with Gasteiger partial charge in [0.05, 0.1) is 26.1 Å². The van der Waals surface area contributed by atoms with Gasteiger partial charge in [-0.2, -0.15) is 13.2 Å². The molecule has 0 radical (unpaired) electrons. The minimum absolute atomic E-state index is 0.0317. The average molecular weight is 713 g/mol.